The second kappa shape index (κ2) is 5.57. The van der Waals surface area contributed by atoms with E-state index in [1.807, 2.05) is 0 Å². The summed E-state index contributed by atoms with van der Waals surface area (Å²) in [7, 11) is 0. The Morgan fingerprint density at radius 1 is 1.26 bits per heavy atom. The number of phenolic OH excluding ortho intramolecular Hbond substituents is 1. The van der Waals surface area contributed by atoms with E-state index in [2.05, 4.69) is 18.7 Å². The number of carbonyl (C=O) groups excluding carboxylic acids is 1. The summed E-state index contributed by atoms with van der Waals surface area (Å²) in [4.78, 5) is 16.2. The standard InChI is InChI=1S/C14H19FN2O2/c1-10(2)16-5-7-17(8-6-16)14(19)12-4-3-11(15)9-13(12)18/h3-4,9-10,18H,5-8H2,1-2H3. The number of hydrogen-bond donors (Lipinski definition) is 1. The van der Waals surface area contributed by atoms with Crippen LogP contribution in [0.4, 0.5) is 4.39 Å². The van der Waals surface area contributed by atoms with Crippen molar-refractivity contribution in [1.29, 1.82) is 0 Å². The Hall–Kier alpha value is -1.62. The first-order valence-corrected chi connectivity index (χ1v) is 6.51. The zero-order chi connectivity index (χ0) is 14.0. The number of rotatable bonds is 2. The van der Waals surface area contributed by atoms with Crippen molar-refractivity contribution in [3.05, 3.63) is 29.6 Å². The Kier molecular flexibility index (Phi) is 4.04. The van der Waals surface area contributed by atoms with Crippen molar-refractivity contribution in [2.75, 3.05) is 26.2 Å². The molecule has 0 aliphatic carbocycles. The van der Waals surface area contributed by atoms with Crippen LogP contribution in [0.5, 0.6) is 5.75 Å². The summed E-state index contributed by atoms with van der Waals surface area (Å²) in [5.74, 6) is -1.07. The van der Waals surface area contributed by atoms with Crippen LogP contribution in [0.25, 0.3) is 0 Å². The monoisotopic (exact) mass is 266 g/mol. The van der Waals surface area contributed by atoms with Crippen LogP contribution in [0.1, 0.15) is 24.2 Å². The van der Waals surface area contributed by atoms with Gasteiger partial charge in [0.2, 0.25) is 0 Å². The van der Waals surface area contributed by atoms with Gasteiger partial charge in [0.1, 0.15) is 11.6 Å². The highest BCUT2D eigenvalue weighted by atomic mass is 19.1. The second-order valence-corrected chi connectivity index (χ2v) is 5.08. The van der Waals surface area contributed by atoms with Crippen molar-refractivity contribution in [1.82, 2.24) is 9.80 Å². The highest BCUT2D eigenvalue weighted by Crippen LogP contribution is 2.20. The minimum atomic E-state index is -0.543. The Morgan fingerprint density at radius 2 is 1.89 bits per heavy atom. The van der Waals surface area contributed by atoms with E-state index in [1.54, 1.807) is 4.90 Å². The zero-order valence-electron chi connectivity index (χ0n) is 11.3. The van der Waals surface area contributed by atoms with Gasteiger partial charge in [0.25, 0.3) is 5.91 Å². The highest BCUT2D eigenvalue weighted by molar-refractivity contribution is 5.96. The molecule has 2 rings (SSSR count). The van der Waals surface area contributed by atoms with Crippen LogP contribution < -0.4 is 0 Å². The van der Waals surface area contributed by atoms with Crippen molar-refractivity contribution in [2.24, 2.45) is 0 Å². The van der Waals surface area contributed by atoms with E-state index in [1.165, 1.54) is 12.1 Å². The van der Waals surface area contributed by atoms with E-state index in [-0.39, 0.29) is 17.2 Å². The molecule has 1 N–H and O–H groups in total. The summed E-state index contributed by atoms with van der Waals surface area (Å²) in [6.45, 7) is 7.17. The number of nitrogens with zero attached hydrogens (tertiary/aromatic N) is 2. The fraction of sp³-hybridized carbons (Fsp3) is 0.500. The molecule has 0 unspecified atom stereocenters. The largest absolute Gasteiger partial charge is 0.507 e. The van der Waals surface area contributed by atoms with Gasteiger partial charge in [0.05, 0.1) is 5.56 Å². The fourth-order valence-corrected chi connectivity index (χ4v) is 2.30. The van der Waals surface area contributed by atoms with Gasteiger partial charge in [-0.15, -0.1) is 0 Å². The molecule has 1 aliphatic heterocycles. The molecule has 1 aromatic carbocycles. The second-order valence-electron chi connectivity index (χ2n) is 5.08. The molecule has 0 atom stereocenters. The number of benzene rings is 1. The molecule has 0 saturated carbocycles. The minimum absolute atomic E-state index is 0.166. The van der Waals surface area contributed by atoms with Gasteiger partial charge in [-0.2, -0.15) is 0 Å². The number of hydrogen-bond acceptors (Lipinski definition) is 3. The van der Waals surface area contributed by atoms with Gasteiger partial charge in [0, 0.05) is 38.3 Å². The summed E-state index contributed by atoms with van der Waals surface area (Å²) >= 11 is 0. The molecule has 1 aliphatic rings. The Bertz CT molecular complexity index is 469. The lowest BCUT2D eigenvalue weighted by Gasteiger charge is -2.37. The maximum absolute atomic E-state index is 12.9. The Labute approximate surface area is 112 Å². The van der Waals surface area contributed by atoms with Crippen molar-refractivity contribution >= 4 is 5.91 Å². The van der Waals surface area contributed by atoms with E-state index in [0.29, 0.717) is 19.1 Å². The number of carbonyl (C=O) groups is 1. The number of phenols is 1. The molecule has 104 valence electrons. The van der Waals surface area contributed by atoms with E-state index in [4.69, 9.17) is 0 Å². The van der Waals surface area contributed by atoms with Gasteiger partial charge in [-0.1, -0.05) is 0 Å². The average Bonchev–Trinajstić information content (AvgIpc) is 2.38. The van der Waals surface area contributed by atoms with Gasteiger partial charge >= 0.3 is 0 Å². The normalized spacial score (nSPS) is 16.9. The van der Waals surface area contributed by atoms with E-state index in [9.17, 15) is 14.3 Å². The van der Waals surface area contributed by atoms with E-state index >= 15 is 0 Å². The van der Waals surface area contributed by atoms with Crippen LogP contribution >= 0.6 is 0 Å². The zero-order valence-corrected chi connectivity index (χ0v) is 11.3. The molecule has 0 radical (unpaired) electrons. The molecular weight excluding hydrogens is 247 g/mol. The van der Waals surface area contributed by atoms with Crippen molar-refractivity contribution in [3.8, 4) is 5.75 Å². The predicted molar refractivity (Wildman–Crippen MR) is 70.7 cm³/mol. The van der Waals surface area contributed by atoms with Gasteiger partial charge in [-0.3, -0.25) is 9.69 Å². The number of amides is 1. The molecule has 0 spiro atoms. The molecule has 1 aromatic rings. The Balaban J connectivity index is 2.05. The first-order chi connectivity index (χ1) is 8.99. The summed E-state index contributed by atoms with van der Waals surface area (Å²) in [5, 5.41) is 9.63. The third-order valence-electron chi connectivity index (χ3n) is 3.52. The molecule has 1 amide bonds. The SMILES string of the molecule is CC(C)N1CCN(C(=O)c2ccc(F)cc2O)CC1. The molecule has 1 heterocycles. The molecule has 0 bridgehead atoms. The van der Waals surface area contributed by atoms with Crippen LogP contribution in [0, 0.1) is 5.82 Å². The highest BCUT2D eigenvalue weighted by Gasteiger charge is 2.24. The van der Waals surface area contributed by atoms with Crippen molar-refractivity contribution < 1.29 is 14.3 Å². The fourth-order valence-electron chi connectivity index (χ4n) is 2.30. The van der Waals surface area contributed by atoms with Gasteiger partial charge in [-0.25, -0.2) is 4.39 Å². The first-order valence-electron chi connectivity index (χ1n) is 6.51. The maximum Gasteiger partial charge on any atom is 0.257 e. The van der Waals surface area contributed by atoms with Crippen molar-refractivity contribution in [3.63, 3.8) is 0 Å². The predicted octanol–water partition coefficient (Wildman–Crippen LogP) is 1.70. The maximum atomic E-state index is 12.9. The number of piperazine rings is 1. The third kappa shape index (κ3) is 3.04. The number of halogens is 1. The summed E-state index contributed by atoms with van der Waals surface area (Å²) < 4.78 is 12.9. The van der Waals surface area contributed by atoms with Crippen LogP contribution in [-0.2, 0) is 0 Å². The summed E-state index contributed by atoms with van der Waals surface area (Å²) in [6, 6.07) is 3.97. The van der Waals surface area contributed by atoms with Crippen molar-refractivity contribution in [2.45, 2.75) is 19.9 Å². The molecule has 0 aromatic heterocycles. The lowest BCUT2D eigenvalue weighted by atomic mass is 10.1. The van der Waals surface area contributed by atoms with E-state index in [0.717, 1.165) is 19.2 Å². The topological polar surface area (TPSA) is 43.8 Å². The first kappa shape index (κ1) is 13.8. The summed E-state index contributed by atoms with van der Waals surface area (Å²) in [6.07, 6.45) is 0. The van der Waals surface area contributed by atoms with Crippen LogP contribution in [0.15, 0.2) is 18.2 Å². The van der Waals surface area contributed by atoms with Gasteiger partial charge in [-0.05, 0) is 26.0 Å². The lowest BCUT2D eigenvalue weighted by molar-refractivity contribution is 0.0592. The number of aromatic hydroxyl groups is 1. The van der Waals surface area contributed by atoms with Gasteiger partial charge < -0.3 is 10.0 Å². The smallest absolute Gasteiger partial charge is 0.257 e. The molecule has 4 nitrogen and oxygen atoms in total. The molecule has 5 heteroatoms. The third-order valence-corrected chi connectivity index (χ3v) is 3.52. The van der Waals surface area contributed by atoms with Crippen LogP contribution in [-0.4, -0.2) is 53.0 Å². The lowest BCUT2D eigenvalue weighted by Crippen LogP contribution is -2.50. The van der Waals surface area contributed by atoms with Gasteiger partial charge in [0.15, 0.2) is 0 Å². The van der Waals surface area contributed by atoms with E-state index < -0.39 is 5.82 Å². The minimum Gasteiger partial charge on any atom is -0.507 e. The average molecular weight is 266 g/mol. The van der Waals surface area contributed by atoms with Crippen LogP contribution in [0.3, 0.4) is 0 Å². The Morgan fingerprint density at radius 3 is 2.42 bits per heavy atom. The molecule has 19 heavy (non-hydrogen) atoms. The van der Waals surface area contributed by atoms with Crippen LogP contribution in [0.2, 0.25) is 0 Å². The molecule has 1 fully saturated rings. The molecular formula is C14H19FN2O2. The molecule has 1 saturated heterocycles. The summed E-state index contributed by atoms with van der Waals surface area (Å²) in [5.41, 5.74) is 0.166. The quantitative estimate of drug-likeness (QED) is 0.886.